The molecule has 1 atom stereocenters. The van der Waals surface area contributed by atoms with E-state index in [4.69, 9.17) is 0 Å². The van der Waals surface area contributed by atoms with Crippen LogP contribution in [0.15, 0.2) is 0 Å². The molecule has 0 bridgehead atoms. The molecule has 0 aromatic heterocycles. The summed E-state index contributed by atoms with van der Waals surface area (Å²) in [4.78, 5) is 12.5. The number of nitrogens with zero attached hydrogens (tertiary/aromatic N) is 1. The first-order valence-corrected chi connectivity index (χ1v) is 4.24. The Morgan fingerprint density at radius 3 is 2.67 bits per heavy atom. The van der Waals surface area contributed by atoms with Crippen LogP contribution in [0, 0.1) is 5.92 Å². The second-order valence-electron chi connectivity index (χ2n) is 3.49. The maximum absolute atomic E-state index is 11.0. The van der Waals surface area contributed by atoms with E-state index < -0.39 is 0 Å². The Morgan fingerprint density at radius 1 is 1.67 bits per heavy atom. The molecule has 0 aliphatic heterocycles. The quantitative estimate of drug-likeness (QED) is 0.631. The zero-order valence-corrected chi connectivity index (χ0v) is 7.58. The Bertz CT molecular complexity index is 166. The van der Waals surface area contributed by atoms with Gasteiger partial charge in [-0.15, -0.1) is 0 Å². The van der Waals surface area contributed by atoms with Gasteiger partial charge in [-0.2, -0.15) is 0 Å². The van der Waals surface area contributed by atoms with E-state index in [1.54, 1.807) is 14.1 Å². The van der Waals surface area contributed by atoms with E-state index in [1.807, 2.05) is 0 Å². The van der Waals surface area contributed by atoms with Crippen LogP contribution in [0.4, 0.5) is 4.79 Å². The molecular weight excluding hydrogens is 156 g/mol. The van der Waals surface area contributed by atoms with Gasteiger partial charge < -0.3 is 15.3 Å². The van der Waals surface area contributed by atoms with Crippen molar-refractivity contribution >= 4 is 6.03 Å². The van der Waals surface area contributed by atoms with Crippen LogP contribution >= 0.6 is 0 Å². The summed E-state index contributed by atoms with van der Waals surface area (Å²) in [6.07, 6.45) is 1.84. The molecule has 0 saturated heterocycles. The van der Waals surface area contributed by atoms with Gasteiger partial charge in [-0.25, -0.2) is 4.79 Å². The van der Waals surface area contributed by atoms with Crippen LogP contribution in [-0.4, -0.2) is 42.8 Å². The predicted octanol–water partition coefficient (Wildman–Crippen LogP) is 0.0285. The van der Waals surface area contributed by atoms with E-state index in [2.05, 4.69) is 5.32 Å². The molecule has 70 valence electrons. The first-order chi connectivity index (χ1) is 5.61. The lowest BCUT2D eigenvalue weighted by atomic mass is 10.2. The van der Waals surface area contributed by atoms with Crippen molar-refractivity contribution in [3.05, 3.63) is 0 Å². The lowest BCUT2D eigenvalue weighted by molar-refractivity contribution is 0.146. The molecule has 0 heterocycles. The van der Waals surface area contributed by atoms with Gasteiger partial charge in [0.05, 0.1) is 6.10 Å². The van der Waals surface area contributed by atoms with Gasteiger partial charge in [0.1, 0.15) is 0 Å². The first kappa shape index (κ1) is 9.32. The second-order valence-corrected chi connectivity index (χ2v) is 3.49. The maximum atomic E-state index is 11.0. The highest BCUT2D eigenvalue weighted by Crippen LogP contribution is 2.32. The average molecular weight is 172 g/mol. The lowest BCUT2D eigenvalue weighted by Gasteiger charge is -2.14. The standard InChI is InChI=1S/C8H16N2O2/c1-10(2)8(12)9-5-7(11)6-3-4-6/h6-7,11H,3-5H2,1-2H3,(H,9,12). The van der Waals surface area contributed by atoms with Crippen LogP contribution in [0.1, 0.15) is 12.8 Å². The van der Waals surface area contributed by atoms with E-state index >= 15 is 0 Å². The van der Waals surface area contributed by atoms with Crippen molar-refractivity contribution in [2.75, 3.05) is 20.6 Å². The molecule has 0 aromatic rings. The summed E-state index contributed by atoms with van der Waals surface area (Å²) in [6.45, 7) is 0.377. The van der Waals surface area contributed by atoms with Gasteiger partial charge in [0.15, 0.2) is 0 Å². The van der Waals surface area contributed by atoms with E-state index in [0.29, 0.717) is 12.5 Å². The molecule has 0 aromatic carbocycles. The molecule has 12 heavy (non-hydrogen) atoms. The van der Waals surface area contributed by atoms with Crippen LogP contribution in [0.5, 0.6) is 0 Å². The van der Waals surface area contributed by atoms with E-state index in [1.165, 1.54) is 4.90 Å². The smallest absolute Gasteiger partial charge is 0.316 e. The third kappa shape index (κ3) is 2.70. The number of hydrogen-bond donors (Lipinski definition) is 2. The van der Waals surface area contributed by atoms with Crippen molar-refractivity contribution < 1.29 is 9.90 Å². The molecule has 1 aliphatic carbocycles. The van der Waals surface area contributed by atoms with Crippen molar-refractivity contribution in [2.24, 2.45) is 5.92 Å². The fourth-order valence-electron chi connectivity index (χ4n) is 0.998. The summed E-state index contributed by atoms with van der Waals surface area (Å²) in [5, 5.41) is 12.0. The Balaban J connectivity index is 2.11. The Kier molecular flexibility index (Phi) is 2.92. The number of rotatable bonds is 3. The lowest BCUT2D eigenvalue weighted by Crippen LogP contribution is -2.39. The molecule has 1 aliphatic rings. The zero-order chi connectivity index (χ0) is 9.14. The second kappa shape index (κ2) is 3.76. The van der Waals surface area contributed by atoms with Crippen LogP contribution in [0.2, 0.25) is 0 Å². The minimum absolute atomic E-state index is 0.144. The summed E-state index contributed by atoms with van der Waals surface area (Å²) in [5.74, 6) is 0.424. The number of hydrogen-bond acceptors (Lipinski definition) is 2. The number of urea groups is 1. The van der Waals surface area contributed by atoms with Crippen LogP contribution in [0.25, 0.3) is 0 Å². The number of nitrogens with one attached hydrogen (secondary N) is 1. The molecule has 1 rings (SSSR count). The molecule has 1 saturated carbocycles. The van der Waals surface area contributed by atoms with Gasteiger partial charge in [0.2, 0.25) is 0 Å². The van der Waals surface area contributed by atoms with Crippen molar-refractivity contribution in [3.63, 3.8) is 0 Å². The number of carbonyl (C=O) groups is 1. The molecule has 4 nitrogen and oxygen atoms in total. The summed E-state index contributed by atoms with van der Waals surface area (Å²) in [7, 11) is 3.36. The number of aliphatic hydroxyl groups is 1. The third-order valence-corrected chi connectivity index (χ3v) is 2.03. The fraction of sp³-hybridized carbons (Fsp3) is 0.875. The average Bonchev–Trinajstić information content (AvgIpc) is 2.81. The monoisotopic (exact) mass is 172 g/mol. The molecule has 2 amide bonds. The number of carbonyl (C=O) groups excluding carboxylic acids is 1. The highest BCUT2D eigenvalue weighted by Gasteiger charge is 2.29. The highest BCUT2D eigenvalue weighted by atomic mass is 16.3. The summed E-state index contributed by atoms with van der Waals surface area (Å²) in [6, 6.07) is -0.144. The van der Waals surface area contributed by atoms with E-state index in [-0.39, 0.29) is 12.1 Å². The van der Waals surface area contributed by atoms with Crippen molar-refractivity contribution in [2.45, 2.75) is 18.9 Å². The third-order valence-electron chi connectivity index (χ3n) is 2.03. The Labute approximate surface area is 72.6 Å². The Morgan fingerprint density at radius 2 is 2.25 bits per heavy atom. The molecule has 0 spiro atoms. The number of aliphatic hydroxyl groups excluding tert-OH is 1. The molecular formula is C8H16N2O2. The first-order valence-electron chi connectivity index (χ1n) is 4.24. The minimum atomic E-state index is -0.353. The van der Waals surface area contributed by atoms with E-state index in [0.717, 1.165) is 12.8 Å². The van der Waals surface area contributed by atoms with Crippen molar-refractivity contribution in [1.82, 2.24) is 10.2 Å². The Hall–Kier alpha value is -0.770. The highest BCUT2D eigenvalue weighted by molar-refractivity contribution is 5.73. The molecule has 4 heteroatoms. The van der Waals surface area contributed by atoms with E-state index in [9.17, 15) is 9.90 Å². The van der Waals surface area contributed by atoms with Gasteiger partial charge in [0.25, 0.3) is 0 Å². The molecule has 1 fully saturated rings. The predicted molar refractivity (Wildman–Crippen MR) is 45.8 cm³/mol. The molecule has 1 unspecified atom stereocenters. The van der Waals surface area contributed by atoms with Crippen molar-refractivity contribution in [1.29, 1.82) is 0 Å². The summed E-state index contributed by atoms with van der Waals surface area (Å²) < 4.78 is 0. The maximum Gasteiger partial charge on any atom is 0.316 e. The van der Waals surface area contributed by atoms with Gasteiger partial charge in [-0.3, -0.25) is 0 Å². The van der Waals surface area contributed by atoms with Crippen LogP contribution in [-0.2, 0) is 0 Å². The van der Waals surface area contributed by atoms with Crippen molar-refractivity contribution in [3.8, 4) is 0 Å². The SMILES string of the molecule is CN(C)C(=O)NCC(O)C1CC1. The molecule has 2 N–H and O–H groups in total. The van der Waals surface area contributed by atoms with Gasteiger partial charge in [-0.05, 0) is 18.8 Å². The van der Waals surface area contributed by atoms with Crippen LogP contribution in [0.3, 0.4) is 0 Å². The zero-order valence-electron chi connectivity index (χ0n) is 7.58. The summed E-state index contributed by atoms with van der Waals surface area (Å²) in [5.41, 5.74) is 0. The van der Waals surface area contributed by atoms with Crippen LogP contribution < -0.4 is 5.32 Å². The normalized spacial score (nSPS) is 18.6. The summed E-state index contributed by atoms with van der Waals surface area (Å²) >= 11 is 0. The van der Waals surface area contributed by atoms with Gasteiger partial charge in [-0.1, -0.05) is 0 Å². The fourth-order valence-corrected chi connectivity index (χ4v) is 0.998. The number of amides is 2. The van der Waals surface area contributed by atoms with Gasteiger partial charge >= 0.3 is 6.03 Å². The minimum Gasteiger partial charge on any atom is -0.391 e. The molecule has 0 radical (unpaired) electrons. The topological polar surface area (TPSA) is 52.6 Å². The van der Waals surface area contributed by atoms with Gasteiger partial charge in [0, 0.05) is 20.6 Å². The largest absolute Gasteiger partial charge is 0.391 e.